The van der Waals surface area contributed by atoms with E-state index in [1.54, 1.807) is 10.6 Å². The SMILES string of the molecule is CN(CCC(=O)O)S(=O)(=O)NCc1cccn1C. The second kappa shape index (κ2) is 5.98. The van der Waals surface area contributed by atoms with Gasteiger partial charge in [-0.25, -0.2) is 0 Å². The molecule has 0 aromatic carbocycles. The normalized spacial score (nSPS) is 11.9. The molecule has 102 valence electrons. The lowest BCUT2D eigenvalue weighted by Crippen LogP contribution is -2.39. The minimum atomic E-state index is -3.64. The van der Waals surface area contributed by atoms with Crippen molar-refractivity contribution in [2.45, 2.75) is 13.0 Å². The average molecular weight is 275 g/mol. The van der Waals surface area contributed by atoms with Crippen molar-refractivity contribution in [1.29, 1.82) is 0 Å². The van der Waals surface area contributed by atoms with Gasteiger partial charge in [-0.15, -0.1) is 0 Å². The summed E-state index contributed by atoms with van der Waals surface area (Å²) in [6.45, 7) is 0.112. The van der Waals surface area contributed by atoms with E-state index in [0.717, 1.165) is 10.00 Å². The van der Waals surface area contributed by atoms with Crippen LogP contribution in [0, 0.1) is 0 Å². The molecule has 0 atom stereocenters. The van der Waals surface area contributed by atoms with Gasteiger partial charge in [-0.05, 0) is 12.1 Å². The molecule has 7 nitrogen and oxygen atoms in total. The van der Waals surface area contributed by atoms with Gasteiger partial charge in [0.05, 0.1) is 13.0 Å². The summed E-state index contributed by atoms with van der Waals surface area (Å²) in [5.41, 5.74) is 0.824. The molecule has 8 heteroatoms. The first-order valence-corrected chi connectivity index (χ1v) is 6.80. The van der Waals surface area contributed by atoms with Crippen LogP contribution in [0.1, 0.15) is 12.1 Å². The molecule has 0 unspecified atom stereocenters. The molecule has 0 fully saturated rings. The monoisotopic (exact) mass is 275 g/mol. The number of nitrogens with one attached hydrogen (secondary N) is 1. The molecule has 1 rings (SSSR count). The van der Waals surface area contributed by atoms with Crippen molar-refractivity contribution in [3.8, 4) is 0 Å². The van der Waals surface area contributed by atoms with Gasteiger partial charge in [0.2, 0.25) is 0 Å². The second-order valence-corrected chi connectivity index (χ2v) is 5.76. The zero-order valence-corrected chi connectivity index (χ0v) is 11.1. The fourth-order valence-electron chi connectivity index (χ4n) is 1.33. The Labute approximate surface area is 106 Å². The molecule has 1 heterocycles. The van der Waals surface area contributed by atoms with Crippen molar-refractivity contribution < 1.29 is 18.3 Å². The Bertz CT molecular complexity index is 509. The predicted molar refractivity (Wildman–Crippen MR) is 66.1 cm³/mol. The third-order valence-electron chi connectivity index (χ3n) is 2.54. The molecule has 0 bridgehead atoms. The molecule has 0 saturated heterocycles. The average Bonchev–Trinajstić information content (AvgIpc) is 2.69. The summed E-state index contributed by atoms with van der Waals surface area (Å²) in [4.78, 5) is 10.4. The van der Waals surface area contributed by atoms with Gasteiger partial charge in [0.25, 0.3) is 10.2 Å². The van der Waals surface area contributed by atoms with Crippen LogP contribution >= 0.6 is 0 Å². The van der Waals surface area contributed by atoms with Crippen molar-refractivity contribution in [2.75, 3.05) is 13.6 Å². The minimum Gasteiger partial charge on any atom is -0.481 e. The first-order chi connectivity index (χ1) is 8.33. The number of aryl methyl sites for hydroxylation is 1. The summed E-state index contributed by atoms with van der Waals surface area (Å²) in [5, 5.41) is 8.50. The largest absolute Gasteiger partial charge is 0.481 e. The van der Waals surface area contributed by atoms with E-state index < -0.39 is 16.2 Å². The summed E-state index contributed by atoms with van der Waals surface area (Å²) < 4.78 is 28.7. The molecule has 1 aromatic heterocycles. The number of carboxylic acid groups (broad SMARTS) is 1. The molecule has 0 aliphatic rings. The third-order valence-corrected chi connectivity index (χ3v) is 4.05. The highest BCUT2D eigenvalue weighted by molar-refractivity contribution is 7.87. The summed E-state index contributed by atoms with van der Waals surface area (Å²) >= 11 is 0. The Morgan fingerprint density at radius 1 is 1.56 bits per heavy atom. The molecule has 0 amide bonds. The van der Waals surface area contributed by atoms with Crippen molar-refractivity contribution in [3.63, 3.8) is 0 Å². The number of carbonyl (C=O) groups is 1. The van der Waals surface area contributed by atoms with Gasteiger partial charge < -0.3 is 9.67 Å². The van der Waals surface area contributed by atoms with E-state index in [4.69, 9.17) is 5.11 Å². The number of aliphatic carboxylic acids is 1. The van der Waals surface area contributed by atoms with Gasteiger partial charge in [-0.1, -0.05) is 0 Å². The van der Waals surface area contributed by atoms with Gasteiger partial charge in [-0.3, -0.25) is 4.79 Å². The highest BCUT2D eigenvalue weighted by Crippen LogP contribution is 2.02. The first kappa shape index (κ1) is 14.7. The Balaban J connectivity index is 2.54. The van der Waals surface area contributed by atoms with Crippen LogP contribution < -0.4 is 4.72 Å². The molecule has 0 spiro atoms. The van der Waals surface area contributed by atoms with Crippen LogP contribution in [0.15, 0.2) is 18.3 Å². The van der Waals surface area contributed by atoms with Crippen LogP contribution in [-0.2, 0) is 28.6 Å². The van der Waals surface area contributed by atoms with Crippen molar-refractivity contribution in [3.05, 3.63) is 24.0 Å². The molecule has 0 saturated carbocycles. The highest BCUT2D eigenvalue weighted by Gasteiger charge is 2.18. The van der Waals surface area contributed by atoms with Crippen molar-refractivity contribution >= 4 is 16.2 Å². The first-order valence-electron chi connectivity index (χ1n) is 5.36. The third kappa shape index (κ3) is 4.13. The molecule has 2 N–H and O–H groups in total. The molecule has 0 aliphatic carbocycles. The topological polar surface area (TPSA) is 91.6 Å². The van der Waals surface area contributed by atoms with Crippen LogP contribution in [0.2, 0.25) is 0 Å². The zero-order valence-electron chi connectivity index (χ0n) is 10.3. The van der Waals surface area contributed by atoms with Gasteiger partial charge >= 0.3 is 5.97 Å². The Kier molecular flexibility index (Phi) is 4.88. The maximum Gasteiger partial charge on any atom is 0.304 e. The lowest BCUT2D eigenvalue weighted by molar-refractivity contribution is -0.137. The molecule has 0 aliphatic heterocycles. The minimum absolute atomic E-state index is 0.0577. The molecular formula is C10H17N3O4S. The van der Waals surface area contributed by atoms with E-state index in [2.05, 4.69) is 4.72 Å². The van der Waals surface area contributed by atoms with Gasteiger partial charge in [0.15, 0.2) is 0 Å². The number of rotatable bonds is 7. The Morgan fingerprint density at radius 2 is 2.22 bits per heavy atom. The van der Waals surface area contributed by atoms with E-state index in [1.165, 1.54) is 7.05 Å². The van der Waals surface area contributed by atoms with Crippen molar-refractivity contribution in [2.24, 2.45) is 7.05 Å². The molecule has 18 heavy (non-hydrogen) atoms. The van der Waals surface area contributed by atoms with Crippen LogP contribution in [0.5, 0.6) is 0 Å². The van der Waals surface area contributed by atoms with Gasteiger partial charge in [0, 0.05) is 32.5 Å². The summed E-state index contributed by atoms with van der Waals surface area (Å²) in [5.74, 6) is -1.03. The van der Waals surface area contributed by atoms with E-state index in [0.29, 0.717) is 0 Å². The van der Waals surface area contributed by atoms with Crippen LogP contribution in [0.4, 0.5) is 0 Å². The standard InChI is InChI=1S/C10H17N3O4S/c1-12-6-3-4-9(12)8-11-18(16,17)13(2)7-5-10(14)15/h3-4,6,11H,5,7-8H2,1-2H3,(H,14,15). The van der Waals surface area contributed by atoms with E-state index in [9.17, 15) is 13.2 Å². The molecular weight excluding hydrogens is 258 g/mol. The number of aromatic nitrogens is 1. The number of hydrogen-bond acceptors (Lipinski definition) is 3. The number of carboxylic acids is 1. The smallest absolute Gasteiger partial charge is 0.304 e. The van der Waals surface area contributed by atoms with Crippen LogP contribution in [0.3, 0.4) is 0 Å². The summed E-state index contributed by atoms with van der Waals surface area (Å²) in [6.07, 6.45) is 1.60. The van der Waals surface area contributed by atoms with Crippen molar-refractivity contribution in [1.82, 2.24) is 13.6 Å². The Hall–Kier alpha value is -1.38. The fraction of sp³-hybridized carbons (Fsp3) is 0.500. The van der Waals surface area contributed by atoms with E-state index >= 15 is 0 Å². The second-order valence-electron chi connectivity index (χ2n) is 3.90. The van der Waals surface area contributed by atoms with Gasteiger partial charge in [0.1, 0.15) is 0 Å². The highest BCUT2D eigenvalue weighted by atomic mass is 32.2. The summed E-state index contributed by atoms with van der Waals surface area (Å²) in [6, 6.07) is 3.62. The maximum absolute atomic E-state index is 11.8. The summed E-state index contributed by atoms with van der Waals surface area (Å²) in [7, 11) is -0.481. The fourth-order valence-corrected chi connectivity index (χ4v) is 2.21. The number of nitrogens with zero attached hydrogens (tertiary/aromatic N) is 2. The van der Waals surface area contributed by atoms with E-state index in [1.807, 2.05) is 19.3 Å². The van der Waals surface area contributed by atoms with Crippen LogP contribution in [-0.4, -0.2) is 42.0 Å². The predicted octanol–water partition coefficient (Wildman–Crippen LogP) is -0.234. The lowest BCUT2D eigenvalue weighted by atomic mass is 10.4. The van der Waals surface area contributed by atoms with E-state index in [-0.39, 0.29) is 19.5 Å². The van der Waals surface area contributed by atoms with Crippen LogP contribution in [0.25, 0.3) is 0 Å². The quantitative estimate of drug-likeness (QED) is 0.719. The Morgan fingerprint density at radius 3 is 2.72 bits per heavy atom. The van der Waals surface area contributed by atoms with Gasteiger partial charge in [-0.2, -0.15) is 17.4 Å². The lowest BCUT2D eigenvalue weighted by Gasteiger charge is -2.16. The number of hydrogen-bond donors (Lipinski definition) is 2. The molecule has 0 radical (unpaired) electrons. The maximum atomic E-state index is 11.8. The zero-order chi connectivity index (χ0) is 13.8. The molecule has 1 aromatic rings.